The third kappa shape index (κ3) is 2.29. The van der Waals surface area contributed by atoms with E-state index in [2.05, 4.69) is 26.5 Å². The van der Waals surface area contributed by atoms with Gasteiger partial charge in [-0.2, -0.15) is 5.26 Å². The fourth-order valence-corrected chi connectivity index (χ4v) is 0.673. The molecule has 0 radical (unpaired) electrons. The smallest absolute Gasteiger partial charge is 0.384 e. The molecular weight excluding hydrogens is 182 g/mol. The largest absolute Gasteiger partial charge is 0.459 e. The number of methoxy groups -OCH3 is 1. The molecule has 0 spiro atoms. The SMILES string of the molecule is COC(=O)C#Cc1nccnc1C#N. The molecule has 0 unspecified atom stereocenters. The van der Waals surface area contributed by atoms with Crippen molar-refractivity contribution in [1.29, 1.82) is 5.26 Å². The monoisotopic (exact) mass is 187 g/mol. The van der Waals surface area contributed by atoms with Gasteiger partial charge in [0.15, 0.2) is 5.69 Å². The van der Waals surface area contributed by atoms with Crippen LogP contribution in [0.4, 0.5) is 0 Å². The molecule has 14 heavy (non-hydrogen) atoms. The van der Waals surface area contributed by atoms with Gasteiger partial charge in [0.25, 0.3) is 0 Å². The van der Waals surface area contributed by atoms with Crippen molar-refractivity contribution in [2.45, 2.75) is 0 Å². The van der Waals surface area contributed by atoms with Gasteiger partial charge in [0, 0.05) is 18.3 Å². The lowest BCUT2D eigenvalue weighted by Crippen LogP contribution is -1.96. The molecule has 0 aliphatic heterocycles. The second-order valence-electron chi connectivity index (χ2n) is 2.11. The summed E-state index contributed by atoms with van der Waals surface area (Å²) in [6.07, 6.45) is 2.77. The van der Waals surface area contributed by atoms with Crippen molar-refractivity contribution in [3.05, 3.63) is 23.8 Å². The van der Waals surface area contributed by atoms with Crippen LogP contribution < -0.4 is 0 Å². The molecule has 0 aliphatic rings. The Morgan fingerprint density at radius 1 is 1.43 bits per heavy atom. The number of aromatic nitrogens is 2. The van der Waals surface area contributed by atoms with Crippen LogP contribution in [0.5, 0.6) is 0 Å². The van der Waals surface area contributed by atoms with Gasteiger partial charge in [0.1, 0.15) is 11.8 Å². The Morgan fingerprint density at radius 3 is 2.64 bits per heavy atom. The van der Waals surface area contributed by atoms with Crippen LogP contribution in [0.1, 0.15) is 11.4 Å². The van der Waals surface area contributed by atoms with Crippen LogP contribution in [0.2, 0.25) is 0 Å². The highest BCUT2D eigenvalue weighted by molar-refractivity contribution is 5.88. The van der Waals surface area contributed by atoms with Crippen LogP contribution in [0.3, 0.4) is 0 Å². The third-order valence-corrected chi connectivity index (χ3v) is 1.27. The van der Waals surface area contributed by atoms with Gasteiger partial charge in [0.2, 0.25) is 0 Å². The van der Waals surface area contributed by atoms with E-state index >= 15 is 0 Å². The molecule has 0 saturated carbocycles. The van der Waals surface area contributed by atoms with Crippen LogP contribution in [0.25, 0.3) is 0 Å². The summed E-state index contributed by atoms with van der Waals surface area (Å²) < 4.78 is 4.30. The highest BCUT2D eigenvalue weighted by Crippen LogP contribution is 1.96. The van der Waals surface area contributed by atoms with Gasteiger partial charge < -0.3 is 4.74 Å². The number of ether oxygens (including phenoxy) is 1. The lowest BCUT2D eigenvalue weighted by molar-refractivity contribution is -0.133. The van der Waals surface area contributed by atoms with Gasteiger partial charge in [-0.25, -0.2) is 14.8 Å². The first-order chi connectivity index (χ1) is 6.77. The Hall–Kier alpha value is -2.40. The molecule has 0 fully saturated rings. The summed E-state index contributed by atoms with van der Waals surface area (Å²) in [4.78, 5) is 18.2. The average molecular weight is 187 g/mol. The summed E-state index contributed by atoms with van der Waals surface area (Å²) in [5.74, 6) is 3.87. The van der Waals surface area contributed by atoms with Crippen LogP contribution in [0.15, 0.2) is 12.4 Å². The number of esters is 1. The first-order valence-corrected chi connectivity index (χ1v) is 3.59. The molecule has 0 aliphatic carbocycles. The van der Waals surface area contributed by atoms with Crippen LogP contribution in [-0.2, 0) is 9.53 Å². The molecule has 5 nitrogen and oxygen atoms in total. The molecule has 0 N–H and O–H groups in total. The normalized spacial score (nSPS) is 8.00. The minimum absolute atomic E-state index is 0.0869. The van der Waals surface area contributed by atoms with Crippen molar-refractivity contribution in [2.75, 3.05) is 7.11 Å². The maximum atomic E-state index is 10.7. The first-order valence-electron chi connectivity index (χ1n) is 3.59. The van der Waals surface area contributed by atoms with E-state index in [1.54, 1.807) is 0 Å². The number of rotatable bonds is 0. The molecule has 0 saturated heterocycles. The zero-order valence-electron chi connectivity index (χ0n) is 7.31. The Bertz CT molecular complexity index is 451. The van der Waals surface area contributed by atoms with Crippen molar-refractivity contribution < 1.29 is 9.53 Å². The predicted octanol–water partition coefficient (Wildman–Crippen LogP) is -0.127. The van der Waals surface area contributed by atoms with E-state index in [4.69, 9.17) is 5.26 Å². The number of hydrogen-bond acceptors (Lipinski definition) is 5. The van der Waals surface area contributed by atoms with E-state index < -0.39 is 5.97 Å². The van der Waals surface area contributed by atoms with E-state index in [0.29, 0.717) is 0 Å². The van der Waals surface area contributed by atoms with Gasteiger partial charge in [-0.15, -0.1) is 0 Å². The summed E-state index contributed by atoms with van der Waals surface area (Å²) in [7, 11) is 1.22. The lowest BCUT2D eigenvalue weighted by Gasteiger charge is -1.90. The molecule has 0 aromatic carbocycles. The highest BCUT2D eigenvalue weighted by atomic mass is 16.5. The summed E-state index contributed by atoms with van der Waals surface area (Å²) in [6.45, 7) is 0. The summed E-state index contributed by atoms with van der Waals surface area (Å²) >= 11 is 0. The van der Waals surface area contributed by atoms with E-state index in [9.17, 15) is 4.79 Å². The second kappa shape index (κ2) is 4.58. The van der Waals surface area contributed by atoms with Crippen molar-refractivity contribution in [3.8, 4) is 17.9 Å². The zero-order chi connectivity index (χ0) is 10.4. The predicted molar refractivity (Wildman–Crippen MR) is 45.6 cm³/mol. The zero-order valence-corrected chi connectivity index (χ0v) is 7.31. The van der Waals surface area contributed by atoms with Gasteiger partial charge in [-0.3, -0.25) is 0 Å². The summed E-state index contributed by atoms with van der Waals surface area (Å²) in [6, 6.07) is 1.81. The van der Waals surface area contributed by atoms with Crippen molar-refractivity contribution >= 4 is 5.97 Å². The number of nitrogens with zero attached hydrogens (tertiary/aromatic N) is 3. The van der Waals surface area contributed by atoms with Crippen molar-refractivity contribution in [3.63, 3.8) is 0 Å². The molecule has 1 rings (SSSR count). The lowest BCUT2D eigenvalue weighted by atomic mass is 10.3. The quantitative estimate of drug-likeness (QED) is 0.417. The minimum Gasteiger partial charge on any atom is -0.459 e. The van der Waals surface area contributed by atoms with E-state index in [0.717, 1.165) is 0 Å². The highest BCUT2D eigenvalue weighted by Gasteiger charge is 2.00. The Labute approximate surface area is 80.4 Å². The van der Waals surface area contributed by atoms with Crippen molar-refractivity contribution in [1.82, 2.24) is 9.97 Å². The fourth-order valence-electron chi connectivity index (χ4n) is 0.673. The minimum atomic E-state index is -0.681. The number of hydrogen-bond donors (Lipinski definition) is 0. The van der Waals surface area contributed by atoms with E-state index in [1.165, 1.54) is 19.5 Å². The standard InChI is InChI=1S/C9H5N3O2/c1-14-9(13)3-2-7-8(6-10)12-5-4-11-7/h4-5H,1H3. The van der Waals surface area contributed by atoms with Gasteiger partial charge in [0.05, 0.1) is 7.11 Å². The number of carbonyl (C=O) groups is 1. The topological polar surface area (TPSA) is 75.9 Å². The molecule has 1 aromatic rings. The van der Waals surface area contributed by atoms with Crippen LogP contribution in [0, 0.1) is 23.2 Å². The Kier molecular flexibility index (Phi) is 3.17. The van der Waals surface area contributed by atoms with E-state index in [1.807, 2.05) is 6.07 Å². The molecule has 0 bridgehead atoms. The maximum Gasteiger partial charge on any atom is 0.384 e. The van der Waals surface area contributed by atoms with Gasteiger partial charge >= 0.3 is 5.97 Å². The third-order valence-electron chi connectivity index (χ3n) is 1.27. The van der Waals surface area contributed by atoms with Crippen LogP contribution >= 0.6 is 0 Å². The number of carbonyl (C=O) groups excluding carboxylic acids is 1. The fraction of sp³-hybridized carbons (Fsp3) is 0.111. The molecule has 5 heteroatoms. The molecule has 0 amide bonds. The average Bonchev–Trinajstić information content (AvgIpc) is 2.26. The molecule has 0 atom stereocenters. The summed E-state index contributed by atoms with van der Waals surface area (Å²) in [5.41, 5.74) is 0.254. The van der Waals surface area contributed by atoms with E-state index in [-0.39, 0.29) is 11.4 Å². The Balaban J connectivity index is 3.01. The molecule has 68 valence electrons. The molecular formula is C9H5N3O2. The first kappa shape index (κ1) is 9.69. The number of nitriles is 1. The van der Waals surface area contributed by atoms with Gasteiger partial charge in [-0.05, 0) is 5.92 Å². The Morgan fingerprint density at radius 2 is 2.07 bits per heavy atom. The maximum absolute atomic E-state index is 10.7. The van der Waals surface area contributed by atoms with Crippen molar-refractivity contribution in [2.24, 2.45) is 0 Å². The molecule has 1 aromatic heterocycles. The van der Waals surface area contributed by atoms with Crippen LogP contribution in [-0.4, -0.2) is 23.0 Å². The second-order valence-corrected chi connectivity index (χ2v) is 2.11. The summed E-state index contributed by atoms with van der Waals surface area (Å²) in [5, 5.41) is 8.60. The van der Waals surface area contributed by atoms with Gasteiger partial charge in [-0.1, -0.05) is 0 Å². The molecule has 1 heterocycles.